The maximum absolute atomic E-state index is 5.85. The van der Waals surface area contributed by atoms with E-state index in [9.17, 15) is 0 Å². The van der Waals surface area contributed by atoms with E-state index < -0.39 is 0 Å². The van der Waals surface area contributed by atoms with Crippen molar-refractivity contribution in [3.05, 3.63) is 0 Å². The number of piperidine rings is 1. The highest BCUT2D eigenvalue weighted by Crippen LogP contribution is 2.29. The van der Waals surface area contributed by atoms with Gasteiger partial charge in [-0.25, -0.2) is 0 Å². The fourth-order valence-corrected chi connectivity index (χ4v) is 2.43. The lowest BCUT2D eigenvalue weighted by Gasteiger charge is -2.45. The molecule has 82 valence electrons. The van der Waals surface area contributed by atoms with E-state index in [2.05, 4.69) is 31.0 Å². The van der Waals surface area contributed by atoms with Crippen LogP contribution in [0.3, 0.4) is 0 Å². The summed E-state index contributed by atoms with van der Waals surface area (Å²) in [5.41, 5.74) is 0.243. The number of hydrogen-bond acceptors (Lipinski definition) is 3. The van der Waals surface area contributed by atoms with Gasteiger partial charge in [-0.05, 0) is 40.2 Å². The van der Waals surface area contributed by atoms with Crippen LogP contribution < -0.4 is 5.32 Å². The van der Waals surface area contributed by atoms with Crippen LogP contribution >= 0.6 is 0 Å². The van der Waals surface area contributed by atoms with E-state index in [4.69, 9.17) is 4.74 Å². The maximum Gasteiger partial charge on any atom is 0.132 e. The molecule has 0 aromatic heterocycles. The van der Waals surface area contributed by atoms with Gasteiger partial charge in [0.05, 0.1) is 6.61 Å². The third-order valence-electron chi connectivity index (χ3n) is 3.33. The maximum atomic E-state index is 5.85. The summed E-state index contributed by atoms with van der Waals surface area (Å²) in [4.78, 5) is 2.52. The molecule has 3 nitrogen and oxygen atoms in total. The van der Waals surface area contributed by atoms with Crippen LogP contribution in [-0.2, 0) is 4.74 Å². The van der Waals surface area contributed by atoms with Gasteiger partial charge in [0.2, 0.25) is 0 Å². The molecule has 0 radical (unpaired) electrons. The Morgan fingerprint density at radius 2 is 2.14 bits per heavy atom. The van der Waals surface area contributed by atoms with E-state index in [1.165, 1.54) is 19.4 Å². The van der Waals surface area contributed by atoms with Gasteiger partial charge in [0.15, 0.2) is 0 Å². The molecule has 2 rings (SSSR count). The van der Waals surface area contributed by atoms with Gasteiger partial charge >= 0.3 is 0 Å². The monoisotopic (exact) mass is 198 g/mol. The van der Waals surface area contributed by atoms with E-state index in [1.54, 1.807) is 0 Å². The van der Waals surface area contributed by atoms with Crippen LogP contribution in [0, 0.1) is 0 Å². The van der Waals surface area contributed by atoms with Crippen LogP contribution in [0.15, 0.2) is 0 Å². The summed E-state index contributed by atoms with van der Waals surface area (Å²) in [7, 11) is 0. The Morgan fingerprint density at radius 3 is 2.71 bits per heavy atom. The lowest BCUT2D eigenvalue weighted by Crippen LogP contribution is -2.59. The quantitative estimate of drug-likeness (QED) is 0.633. The van der Waals surface area contributed by atoms with Crippen molar-refractivity contribution >= 4 is 0 Å². The molecule has 2 saturated heterocycles. The number of hydrogen-bond donors (Lipinski definition) is 1. The van der Waals surface area contributed by atoms with Crippen molar-refractivity contribution in [1.29, 1.82) is 0 Å². The topological polar surface area (TPSA) is 24.5 Å². The third kappa shape index (κ3) is 1.95. The second kappa shape index (κ2) is 3.47. The van der Waals surface area contributed by atoms with Crippen LogP contribution in [0.2, 0.25) is 0 Å². The highest BCUT2D eigenvalue weighted by Gasteiger charge is 2.41. The van der Waals surface area contributed by atoms with E-state index in [0.29, 0.717) is 0 Å². The van der Waals surface area contributed by atoms with E-state index in [1.807, 2.05) is 0 Å². The summed E-state index contributed by atoms with van der Waals surface area (Å²) < 4.78 is 5.85. The number of nitrogens with zero attached hydrogens (tertiary/aromatic N) is 1. The summed E-state index contributed by atoms with van der Waals surface area (Å²) in [5, 5.41) is 3.51. The summed E-state index contributed by atoms with van der Waals surface area (Å²) in [6.45, 7) is 11.0. The first-order valence-electron chi connectivity index (χ1n) is 5.66. The van der Waals surface area contributed by atoms with Crippen molar-refractivity contribution in [3.8, 4) is 0 Å². The Hall–Kier alpha value is -0.120. The minimum absolute atomic E-state index is 0.0223. The zero-order chi connectivity index (χ0) is 10.2. The standard InChI is InChI=1S/C11H22N2O/c1-10(2,3)13-7-4-5-11(9-13)12-6-8-14-11/h12H,4-9H2,1-3H3. The van der Waals surface area contributed by atoms with Crippen molar-refractivity contribution in [2.75, 3.05) is 26.2 Å². The average molecular weight is 198 g/mol. The Kier molecular flexibility index (Phi) is 2.58. The van der Waals surface area contributed by atoms with Gasteiger partial charge in [-0.15, -0.1) is 0 Å². The molecule has 0 aromatic carbocycles. The van der Waals surface area contributed by atoms with Crippen LogP contribution in [-0.4, -0.2) is 42.4 Å². The minimum atomic E-state index is -0.0223. The predicted molar refractivity (Wildman–Crippen MR) is 57.2 cm³/mol. The smallest absolute Gasteiger partial charge is 0.132 e. The molecule has 2 heterocycles. The molecule has 0 saturated carbocycles. The zero-order valence-corrected chi connectivity index (χ0v) is 9.60. The Labute approximate surface area is 86.8 Å². The molecule has 0 bridgehead atoms. The van der Waals surface area contributed by atoms with Crippen LogP contribution in [0.1, 0.15) is 33.6 Å². The van der Waals surface area contributed by atoms with E-state index in [-0.39, 0.29) is 11.3 Å². The SMILES string of the molecule is CC(C)(C)N1CCCC2(C1)NCCO2. The molecule has 0 amide bonds. The number of rotatable bonds is 0. The van der Waals surface area contributed by atoms with Gasteiger partial charge < -0.3 is 4.74 Å². The fraction of sp³-hybridized carbons (Fsp3) is 1.00. The van der Waals surface area contributed by atoms with Crippen LogP contribution in [0.5, 0.6) is 0 Å². The molecule has 3 heteroatoms. The van der Waals surface area contributed by atoms with E-state index >= 15 is 0 Å². The lowest BCUT2D eigenvalue weighted by atomic mass is 9.96. The first kappa shape index (κ1) is 10.4. The Bertz CT molecular complexity index is 204. The largest absolute Gasteiger partial charge is 0.358 e. The number of ether oxygens (including phenoxy) is 1. The molecular formula is C11H22N2O. The molecule has 2 aliphatic heterocycles. The summed E-state index contributed by atoms with van der Waals surface area (Å²) in [5.74, 6) is 0. The molecule has 2 aliphatic rings. The molecule has 1 unspecified atom stereocenters. The van der Waals surface area contributed by atoms with Crippen molar-refractivity contribution in [1.82, 2.24) is 10.2 Å². The molecule has 1 spiro atoms. The first-order valence-corrected chi connectivity index (χ1v) is 5.66. The number of likely N-dealkylation sites (tertiary alicyclic amines) is 1. The summed E-state index contributed by atoms with van der Waals surface area (Å²) >= 11 is 0. The molecule has 1 atom stereocenters. The molecular weight excluding hydrogens is 176 g/mol. The highest BCUT2D eigenvalue weighted by atomic mass is 16.5. The highest BCUT2D eigenvalue weighted by molar-refractivity contribution is 4.93. The van der Waals surface area contributed by atoms with Gasteiger partial charge in [-0.3, -0.25) is 10.2 Å². The Morgan fingerprint density at radius 1 is 1.36 bits per heavy atom. The predicted octanol–water partition coefficient (Wildman–Crippen LogP) is 1.20. The summed E-state index contributed by atoms with van der Waals surface area (Å²) in [6.07, 6.45) is 2.41. The molecule has 0 aromatic rings. The van der Waals surface area contributed by atoms with Gasteiger partial charge in [0.25, 0.3) is 0 Å². The van der Waals surface area contributed by atoms with Gasteiger partial charge in [-0.1, -0.05) is 0 Å². The molecule has 0 aliphatic carbocycles. The average Bonchev–Trinajstić information content (AvgIpc) is 2.52. The number of nitrogens with one attached hydrogen (secondary N) is 1. The lowest BCUT2D eigenvalue weighted by molar-refractivity contribution is -0.0838. The minimum Gasteiger partial charge on any atom is -0.358 e. The van der Waals surface area contributed by atoms with Gasteiger partial charge in [-0.2, -0.15) is 0 Å². The van der Waals surface area contributed by atoms with Crippen molar-refractivity contribution in [2.24, 2.45) is 0 Å². The first-order chi connectivity index (χ1) is 6.52. The van der Waals surface area contributed by atoms with Gasteiger partial charge in [0.1, 0.15) is 5.72 Å². The van der Waals surface area contributed by atoms with E-state index in [0.717, 1.165) is 19.7 Å². The molecule has 2 fully saturated rings. The second-order valence-corrected chi connectivity index (χ2v) is 5.47. The van der Waals surface area contributed by atoms with Crippen molar-refractivity contribution in [2.45, 2.75) is 44.9 Å². The Balaban J connectivity index is 2.03. The van der Waals surface area contributed by atoms with Crippen molar-refractivity contribution < 1.29 is 4.74 Å². The van der Waals surface area contributed by atoms with Gasteiger partial charge in [0, 0.05) is 18.6 Å². The normalized spacial score (nSPS) is 35.4. The van der Waals surface area contributed by atoms with Crippen LogP contribution in [0.25, 0.3) is 0 Å². The molecule has 14 heavy (non-hydrogen) atoms. The second-order valence-electron chi connectivity index (χ2n) is 5.47. The third-order valence-corrected chi connectivity index (χ3v) is 3.33. The summed E-state index contributed by atoms with van der Waals surface area (Å²) in [6, 6.07) is 0. The molecule has 1 N–H and O–H groups in total. The fourth-order valence-electron chi connectivity index (χ4n) is 2.43. The van der Waals surface area contributed by atoms with Crippen LogP contribution in [0.4, 0.5) is 0 Å². The van der Waals surface area contributed by atoms with Crippen molar-refractivity contribution in [3.63, 3.8) is 0 Å². The zero-order valence-electron chi connectivity index (χ0n) is 9.60.